The first-order chi connectivity index (χ1) is 11.7. The van der Waals surface area contributed by atoms with E-state index in [-0.39, 0.29) is 0 Å². The molecule has 0 rings (SSSR count). The minimum absolute atomic E-state index is 0.584. The second-order valence-corrected chi connectivity index (χ2v) is 7.56. The standard InChI is InChI=1S/C16H35O3P.C4H10/c1-3-5-7-9-11-13-15-18-20(17)19-16-14-12-10-8-6-4-2;1-3-4-2/h20H,3-16H2,1-2H3;3-4H2,1-2H3. The minimum atomic E-state index is -2.23. The Bertz CT molecular complexity index is 213. The zero-order chi connectivity index (χ0) is 18.3. The fourth-order valence-electron chi connectivity index (χ4n) is 2.12. The maximum Gasteiger partial charge on any atom is 0.319 e. The smallest absolute Gasteiger partial charge is 0.311 e. The second kappa shape index (κ2) is 25.4. The summed E-state index contributed by atoms with van der Waals surface area (Å²) in [5.74, 6) is 0. The molecular weight excluding hydrogens is 319 g/mol. The molecule has 0 aliphatic rings. The Kier molecular flexibility index (Phi) is 27.9. The highest BCUT2D eigenvalue weighted by molar-refractivity contribution is 7.33. The van der Waals surface area contributed by atoms with Gasteiger partial charge in [-0.1, -0.05) is 105 Å². The molecule has 0 aromatic rings. The van der Waals surface area contributed by atoms with Gasteiger partial charge in [-0.25, -0.2) is 0 Å². The third-order valence-corrected chi connectivity index (χ3v) is 4.82. The molecule has 0 unspecified atom stereocenters. The lowest BCUT2D eigenvalue weighted by Crippen LogP contribution is -1.92. The fourth-order valence-corrected chi connectivity index (χ4v) is 2.82. The molecule has 0 spiro atoms. The first-order valence-corrected chi connectivity index (χ1v) is 11.7. The van der Waals surface area contributed by atoms with Gasteiger partial charge >= 0.3 is 8.25 Å². The van der Waals surface area contributed by atoms with Gasteiger partial charge in [0.15, 0.2) is 0 Å². The number of hydrogen-bond donors (Lipinski definition) is 0. The Morgan fingerprint density at radius 1 is 0.500 bits per heavy atom. The van der Waals surface area contributed by atoms with Crippen LogP contribution in [0.25, 0.3) is 0 Å². The van der Waals surface area contributed by atoms with Crippen LogP contribution in [0.3, 0.4) is 0 Å². The molecule has 0 aromatic heterocycles. The molecule has 0 aromatic carbocycles. The van der Waals surface area contributed by atoms with Crippen molar-refractivity contribution in [3.8, 4) is 0 Å². The van der Waals surface area contributed by atoms with Gasteiger partial charge in [0.1, 0.15) is 0 Å². The zero-order valence-corrected chi connectivity index (χ0v) is 18.0. The Hall–Kier alpha value is 0.150. The molecule has 148 valence electrons. The molecule has 0 saturated carbocycles. The molecular formula is C20H45O3P. The summed E-state index contributed by atoms with van der Waals surface area (Å²) in [6.45, 7) is 9.97. The normalized spacial score (nSPS) is 10.7. The predicted octanol–water partition coefficient (Wildman–Crippen LogP) is 7.94. The van der Waals surface area contributed by atoms with Crippen LogP contribution < -0.4 is 0 Å². The average molecular weight is 365 g/mol. The topological polar surface area (TPSA) is 35.5 Å². The van der Waals surface area contributed by atoms with Crippen molar-refractivity contribution in [1.29, 1.82) is 0 Å². The lowest BCUT2D eigenvalue weighted by atomic mass is 10.1. The molecule has 0 amide bonds. The van der Waals surface area contributed by atoms with Crippen LogP contribution in [0.15, 0.2) is 0 Å². The van der Waals surface area contributed by atoms with Crippen molar-refractivity contribution in [3.05, 3.63) is 0 Å². The van der Waals surface area contributed by atoms with E-state index < -0.39 is 8.25 Å². The van der Waals surface area contributed by atoms with Crippen molar-refractivity contribution in [2.24, 2.45) is 0 Å². The minimum Gasteiger partial charge on any atom is -0.311 e. The summed E-state index contributed by atoms with van der Waals surface area (Å²) in [6.07, 6.45) is 17.3. The van der Waals surface area contributed by atoms with Crippen LogP contribution in [0, 0.1) is 0 Å². The molecule has 0 aliphatic heterocycles. The molecule has 0 aliphatic carbocycles. The Labute approximate surface area is 153 Å². The van der Waals surface area contributed by atoms with E-state index in [0.29, 0.717) is 13.2 Å². The van der Waals surface area contributed by atoms with Crippen molar-refractivity contribution < 1.29 is 13.6 Å². The van der Waals surface area contributed by atoms with Gasteiger partial charge in [0.2, 0.25) is 0 Å². The van der Waals surface area contributed by atoms with Crippen molar-refractivity contribution in [3.63, 3.8) is 0 Å². The van der Waals surface area contributed by atoms with Gasteiger partial charge in [-0.15, -0.1) is 0 Å². The van der Waals surface area contributed by atoms with Gasteiger partial charge in [-0.05, 0) is 12.8 Å². The highest BCUT2D eigenvalue weighted by Crippen LogP contribution is 2.24. The fraction of sp³-hybridized carbons (Fsp3) is 1.00. The van der Waals surface area contributed by atoms with E-state index in [0.717, 1.165) is 12.8 Å². The van der Waals surface area contributed by atoms with E-state index in [4.69, 9.17) is 9.05 Å². The van der Waals surface area contributed by atoms with E-state index in [1.807, 2.05) is 0 Å². The SMILES string of the molecule is CCCC.CCCCCCCCO[PH](=O)OCCCCCCCC. The molecule has 0 radical (unpaired) electrons. The quantitative estimate of drug-likeness (QED) is 0.194. The highest BCUT2D eigenvalue weighted by atomic mass is 31.1. The molecule has 0 N–H and O–H groups in total. The third-order valence-electron chi connectivity index (χ3n) is 3.94. The van der Waals surface area contributed by atoms with Gasteiger partial charge in [-0.2, -0.15) is 0 Å². The molecule has 4 heteroatoms. The number of hydrogen-bond acceptors (Lipinski definition) is 3. The van der Waals surface area contributed by atoms with Crippen molar-refractivity contribution in [1.82, 2.24) is 0 Å². The summed E-state index contributed by atoms with van der Waals surface area (Å²) in [5, 5.41) is 0. The van der Waals surface area contributed by atoms with Gasteiger partial charge in [0, 0.05) is 0 Å². The van der Waals surface area contributed by atoms with Crippen molar-refractivity contribution in [2.75, 3.05) is 13.2 Å². The maximum atomic E-state index is 11.5. The van der Waals surface area contributed by atoms with E-state index in [9.17, 15) is 4.57 Å². The van der Waals surface area contributed by atoms with E-state index in [2.05, 4.69) is 27.7 Å². The number of rotatable bonds is 17. The molecule has 0 atom stereocenters. The summed E-state index contributed by atoms with van der Waals surface area (Å²) in [6, 6.07) is 0. The van der Waals surface area contributed by atoms with Gasteiger partial charge in [-0.3, -0.25) is 4.57 Å². The second-order valence-electron chi connectivity index (χ2n) is 6.48. The molecule has 24 heavy (non-hydrogen) atoms. The maximum absolute atomic E-state index is 11.5. The third kappa shape index (κ3) is 27.0. The summed E-state index contributed by atoms with van der Waals surface area (Å²) >= 11 is 0. The summed E-state index contributed by atoms with van der Waals surface area (Å²) in [7, 11) is -2.23. The van der Waals surface area contributed by atoms with E-state index in [1.165, 1.54) is 77.0 Å². The van der Waals surface area contributed by atoms with Gasteiger partial charge < -0.3 is 9.05 Å². The lowest BCUT2D eigenvalue weighted by Gasteiger charge is -2.06. The first-order valence-electron chi connectivity index (χ1n) is 10.5. The van der Waals surface area contributed by atoms with Crippen molar-refractivity contribution >= 4 is 8.25 Å². The van der Waals surface area contributed by atoms with Crippen LogP contribution in [-0.4, -0.2) is 13.2 Å². The molecule has 0 heterocycles. The van der Waals surface area contributed by atoms with Crippen LogP contribution in [0.1, 0.15) is 118 Å². The average Bonchev–Trinajstić information content (AvgIpc) is 2.60. The zero-order valence-electron chi connectivity index (χ0n) is 17.0. The molecule has 0 bridgehead atoms. The van der Waals surface area contributed by atoms with E-state index >= 15 is 0 Å². The van der Waals surface area contributed by atoms with Crippen LogP contribution in [0.4, 0.5) is 0 Å². The first kappa shape index (κ1) is 26.4. The summed E-state index contributed by atoms with van der Waals surface area (Å²) in [5.41, 5.74) is 0. The van der Waals surface area contributed by atoms with Crippen LogP contribution in [0.5, 0.6) is 0 Å². The molecule has 3 nitrogen and oxygen atoms in total. The predicted molar refractivity (Wildman–Crippen MR) is 108 cm³/mol. The Morgan fingerprint density at radius 2 is 0.833 bits per heavy atom. The molecule has 0 fully saturated rings. The van der Waals surface area contributed by atoms with Crippen LogP contribution in [-0.2, 0) is 13.6 Å². The van der Waals surface area contributed by atoms with Crippen molar-refractivity contribution in [2.45, 2.75) is 118 Å². The van der Waals surface area contributed by atoms with Crippen LogP contribution in [0.2, 0.25) is 0 Å². The Balaban J connectivity index is 0. The number of unbranched alkanes of at least 4 members (excludes halogenated alkanes) is 11. The monoisotopic (exact) mass is 364 g/mol. The Morgan fingerprint density at radius 3 is 1.17 bits per heavy atom. The van der Waals surface area contributed by atoms with Gasteiger partial charge in [0.05, 0.1) is 13.2 Å². The largest absolute Gasteiger partial charge is 0.319 e. The van der Waals surface area contributed by atoms with E-state index in [1.54, 1.807) is 0 Å². The molecule has 0 saturated heterocycles. The van der Waals surface area contributed by atoms with Crippen LogP contribution >= 0.6 is 8.25 Å². The lowest BCUT2D eigenvalue weighted by molar-refractivity contribution is 0.218. The summed E-state index contributed by atoms with van der Waals surface area (Å²) in [4.78, 5) is 0. The summed E-state index contributed by atoms with van der Waals surface area (Å²) < 4.78 is 21.9. The van der Waals surface area contributed by atoms with Gasteiger partial charge in [0.25, 0.3) is 0 Å². The highest BCUT2D eigenvalue weighted by Gasteiger charge is 1.99.